The highest BCUT2D eigenvalue weighted by Crippen LogP contribution is 2.43. The van der Waals surface area contributed by atoms with Crippen LogP contribution >= 0.6 is 22.9 Å². The lowest BCUT2D eigenvalue weighted by Gasteiger charge is -2.43. The molecule has 52 heavy (non-hydrogen) atoms. The predicted molar refractivity (Wildman–Crippen MR) is 191 cm³/mol. The van der Waals surface area contributed by atoms with Crippen molar-refractivity contribution >= 4 is 45.8 Å². The molecule has 0 radical (unpaired) electrons. The fourth-order valence-corrected chi connectivity index (χ4v) is 8.90. The van der Waals surface area contributed by atoms with Gasteiger partial charge in [0.1, 0.15) is 22.5 Å². The Morgan fingerprint density at radius 3 is 2.50 bits per heavy atom. The Kier molecular flexibility index (Phi) is 9.51. The van der Waals surface area contributed by atoms with Crippen LogP contribution in [0.25, 0.3) is 21.5 Å². The quantitative estimate of drug-likeness (QED) is 0.223. The number of pyridine rings is 1. The number of benzene rings is 1. The molecule has 6 heterocycles. The molecule has 0 aliphatic carbocycles. The number of halogens is 4. The minimum absolute atomic E-state index is 0.0574. The first kappa shape index (κ1) is 35.9. The summed E-state index contributed by atoms with van der Waals surface area (Å²) in [4.78, 5) is 53.2. The molecule has 2 atom stereocenters. The molecular formula is C37H36ClF3N6O4S. The fraction of sp³-hybridized carbons (Fsp3) is 0.378. The maximum atomic E-state index is 14.2. The molecular weight excluding hydrogens is 717 g/mol. The van der Waals surface area contributed by atoms with E-state index in [1.165, 1.54) is 17.0 Å². The van der Waals surface area contributed by atoms with E-state index >= 15 is 0 Å². The molecule has 2 aliphatic rings. The Morgan fingerprint density at radius 1 is 1.06 bits per heavy atom. The van der Waals surface area contributed by atoms with Crippen LogP contribution in [0.15, 0.2) is 72.0 Å². The molecule has 272 valence electrons. The van der Waals surface area contributed by atoms with Crippen molar-refractivity contribution in [3.8, 4) is 10.4 Å². The molecule has 0 bridgehead atoms. The summed E-state index contributed by atoms with van der Waals surface area (Å²) in [7, 11) is 1.81. The average molecular weight is 753 g/mol. The minimum Gasteiger partial charge on any atom is -0.388 e. The zero-order valence-corrected chi connectivity index (χ0v) is 30.0. The molecule has 0 spiro atoms. The van der Waals surface area contributed by atoms with Crippen molar-refractivity contribution in [3.63, 3.8) is 0 Å². The van der Waals surface area contributed by atoms with Gasteiger partial charge in [-0.15, -0.1) is 11.3 Å². The van der Waals surface area contributed by atoms with Gasteiger partial charge >= 0.3 is 6.18 Å². The SMILES string of the molecule is Cc1c(-c2ccnc(C(F)(F)F)c2)sc(C(=O)N2CC[C@@H](C(=O)N3CCC(O)(Cn4cnc5c(ccn5C)c4=O)CC3)[C@H](c3ccccc3)C2)c1Cl. The Morgan fingerprint density at radius 2 is 1.79 bits per heavy atom. The predicted octanol–water partition coefficient (Wildman–Crippen LogP) is 6.14. The Balaban J connectivity index is 1.07. The second-order valence-electron chi connectivity index (χ2n) is 13.7. The van der Waals surface area contributed by atoms with Crippen LogP contribution in [0, 0.1) is 12.8 Å². The van der Waals surface area contributed by atoms with Crippen molar-refractivity contribution in [2.45, 2.75) is 50.4 Å². The van der Waals surface area contributed by atoms with Crippen molar-refractivity contribution in [1.82, 2.24) is 28.9 Å². The van der Waals surface area contributed by atoms with Crippen molar-refractivity contribution in [2.24, 2.45) is 13.0 Å². The van der Waals surface area contributed by atoms with Crippen molar-refractivity contribution in [1.29, 1.82) is 0 Å². The minimum atomic E-state index is -4.62. The number of likely N-dealkylation sites (tertiary alicyclic amines) is 2. The number of amides is 2. The third-order valence-electron chi connectivity index (χ3n) is 10.3. The lowest BCUT2D eigenvalue weighted by atomic mass is 9.79. The van der Waals surface area contributed by atoms with Gasteiger partial charge in [-0.2, -0.15) is 13.2 Å². The van der Waals surface area contributed by atoms with Crippen LogP contribution in [0.3, 0.4) is 0 Å². The van der Waals surface area contributed by atoms with Gasteiger partial charge < -0.3 is 19.5 Å². The largest absolute Gasteiger partial charge is 0.433 e. The van der Waals surface area contributed by atoms with E-state index in [-0.39, 0.29) is 71.2 Å². The maximum absolute atomic E-state index is 14.2. The molecule has 2 amide bonds. The first-order valence-electron chi connectivity index (χ1n) is 16.9. The normalized spacial score (nSPS) is 19.3. The molecule has 10 nitrogen and oxygen atoms in total. The van der Waals surface area contributed by atoms with Crippen molar-refractivity contribution in [3.05, 3.63) is 104 Å². The Labute approximate surface area is 306 Å². The van der Waals surface area contributed by atoms with Gasteiger partial charge in [0.15, 0.2) is 0 Å². The fourth-order valence-electron chi connectivity index (χ4n) is 7.39. The molecule has 2 aliphatic heterocycles. The first-order valence-corrected chi connectivity index (χ1v) is 18.1. The summed E-state index contributed by atoms with van der Waals surface area (Å²) in [6.07, 6.45) is 0.639. The number of hydrogen-bond donors (Lipinski definition) is 1. The smallest absolute Gasteiger partial charge is 0.388 e. The van der Waals surface area contributed by atoms with Crippen LogP contribution in [0.4, 0.5) is 13.2 Å². The number of carbonyl (C=O) groups excluding carboxylic acids is 2. The van der Waals surface area contributed by atoms with Gasteiger partial charge in [0.05, 0.1) is 22.6 Å². The van der Waals surface area contributed by atoms with Crippen molar-refractivity contribution < 1.29 is 27.9 Å². The lowest BCUT2D eigenvalue weighted by molar-refractivity contribution is -0.142. The standard InChI is InChI=1S/C37H36ClF3N6O4S/c1-22-29(38)31(52-30(22)24-8-13-42-28(18-24)37(39,40)41)35(50)46-15-10-25(27(19-46)23-6-4-3-5-7-23)33(48)45-16-11-36(51,12-17-45)20-47-21-43-32-26(34(47)49)9-14-44(32)2/h3-9,13-14,18,21,25,27,51H,10-12,15-17,19-20H2,1-2H3/t25-,27+/m1/s1. The Hall–Kier alpha value is -4.53. The van der Waals surface area contributed by atoms with E-state index in [9.17, 15) is 32.7 Å². The zero-order valence-electron chi connectivity index (χ0n) is 28.4. The average Bonchev–Trinajstić information content (AvgIpc) is 3.67. The summed E-state index contributed by atoms with van der Waals surface area (Å²) < 4.78 is 43.4. The van der Waals surface area contributed by atoms with Crippen LogP contribution < -0.4 is 5.56 Å². The molecule has 7 rings (SSSR count). The number of rotatable bonds is 6. The van der Waals surface area contributed by atoms with Gasteiger partial charge in [0.25, 0.3) is 11.5 Å². The second-order valence-corrected chi connectivity index (χ2v) is 15.1. The van der Waals surface area contributed by atoms with Crippen LogP contribution in [-0.2, 0) is 24.6 Å². The van der Waals surface area contributed by atoms with Crippen LogP contribution in [0.1, 0.15) is 51.7 Å². The summed E-state index contributed by atoms with van der Waals surface area (Å²) in [5, 5.41) is 12.2. The van der Waals surface area contributed by atoms with E-state index < -0.39 is 23.4 Å². The molecule has 1 aromatic carbocycles. The molecule has 5 aromatic rings. The number of aliphatic hydroxyl groups is 1. The highest BCUT2D eigenvalue weighted by atomic mass is 35.5. The number of nitrogens with zero attached hydrogens (tertiary/aromatic N) is 6. The molecule has 0 saturated carbocycles. The number of thiophene rings is 1. The van der Waals surface area contributed by atoms with E-state index in [0.29, 0.717) is 41.0 Å². The summed E-state index contributed by atoms with van der Waals surface area (Å²) in [5.74, 6) is -1.16. The molecule has 4 aromatic heterocycles. The third kappa shape index (κ3) is 6.74. The molecule has 15 heteroatoms. The summed E-state index contributed by atoms with van der Waals surface area (Å²) in [5.41, 5.74) is -0.206. The van der Waals surface area contributed by atoms with Crippen LogP contribution in [-0.4, -0.2) is 77.6 Å². The van der Waals surface area contributed by atoms with Gasteiger partial charge in [-0.05, 0) is 61.1 Å². The number of carbonyl (C=O) groups is 2. The van der Waals surface area contributed by atoms with Gasteiger partial charge in [0, 0.05) is 62.3 Å². The lowest BCUT2D eigenvalue weighted by Crippen LogP contribution is -2.53. The van der Waals surface area contributed by atoms with E-state index in [4.69, 9.17) is 11.6 Å². The van der Waals surface area contributed by atoms with E-state index in [1.807, 2.05) is 37.4 Å². The van der Waals surface area contributed by atoms with Gasteiger partial charge in [0.2, 0.25) is 5.91 Å². The molecule has 2 fully saturated rings. The number of piperidine rings is 2. The van der Waals surface area contributed by atoms with Gasteiger partial charge in [-0.3, -0.25) is 23.9 Å². The topological polar surface area (TPSA) is 114 Å². The van der Waals surface area contributed by atoms with Crippen LogP contribution in [0.2, 0.25) is 5.02 Å². The van der Waals surface area contributed by atoms with E-state index in [2.05, 4.69) is 9.97 Å². The van der Waals surface area contributed by atoms with Gasteiger partial charge in [-0.1, -0.05) is 41.9 Å². The van der Waals surface area contributed by atoms with E-state index in [1.54, 1.807) is 33.6 Å². The van der Waals surface area contributed by atoms with Crippen molar-refractivity contribution in [2.75, 3.05) is 26.2 Å². The first-order chi connectivity index (χ1) is 24.7. The maximum Gasteiger partial charge on any atom is 0.433 e. The Bertz CT molecular complexity index is 2210. The number of hydrogen-bond acceptors (Lipinski definition) is 7. The third-order valence-corrected chi connectivity index (χ3v) is 12.3. The molecule has 0 unspecified atom stereocenters. The number of aryl methyl sites for hydroxylation is 1. The summed E-state index contributed by atoms with van der Waals surface area (Å²) in [6, 6.07) is 13.6. The summed E-state index contributed by atoms with van der Waals surface area (Å²) >= 11 is 7.72. The molecule has 2 saturated heterocycles. The number of alkyl halides is 3. The monoisotopic (exact) mass is 752 g/mol. The van der Waals surface area contributed by atoms with E-state index in [0.717, 1.165) is 29.2 Å². The number of fused-ring (bicyclic) bond motifs is 1. The highest BCUT2D eigenvalue weighted by Gasteiger charge is 2.42. The molecule has 1 N–H and O–H groups in total. The zero-order chi connectivity index (χ0) is 36.9. The highest BCUT2D eigenvalue weighted by molar-refractivity contribution is 7.18. The summed E-state index contributed by atoms with van der Waals surface area (Å²) in [6.45, 7) is 2.88. The second kappa shape index (κ2) is 13.8. The number of aromatic nitrogens is 4. The van der Waals surface area contributed by atoms with Crippen LogP contribution in [0.5, 0.6) is 0 Å². The van der Waals surface area contributed by atoms with Gasteiger partial charge in [-0.25, -0.2) is 4.98 Å².